The number of benzene rings is 2. The molecule has 0 aliphatic carbocycles. The van der Waals surface area contributed by atoms with Gasteiger partial charge in [-0.1, -0.05) is 24.7 Å². The fraction of sp³-hybridized carbons (Fsp3) is 0.348. The van der Waals surface area contributed by atoms with Crippen LogP contribution in [0.4, 0.5) is 10.8 Å². The van der Waals surface area contributed by atoms with Crippen LogP contribution in [0.25, 0.3) is 0 Å². The molecule has 2 heterocycles. The molecule has 1 aromatic heterocycles. The van der Waals surface area contributed by atoms with Crippen molar-refractivity contribution in [3.05, 3.63) is 59.1 Å². The minimum Gasteiger partial charge on any atom is -0.322 e. The normalized spacial score (nSPS) is 17.0. The third kappa shape index (κ3) is 5.75. The molecule has 4 rings (SSSR count). The van der Waals surface area contributed by atoms with Crippen molar-refractivity contribution in [1.29, 1.82) is 0 Å². The first-order valence-corrected chi connectivity index (χ1v) is 15.2. The Morgan fingerprint density at radius 2 is 1.67 bits per heavy atom. The molecular formula is C23H27N5O5S3. The Kier molecular flexibility index (Phi) is 7.73. The zero-order valence-electron chi connectivity index (χ0n) is 19.8. The van der Waals surface area contributed by atoms with Crippen LogP contribution in [0.15, 0.2) is 58.3 Å². The van der Waals surface area contributed by atoms with Crippen molar-refractivity contribution in [3.63, 3.8) is 0 Å². The van der Waals surface area contributed by atoms with Crippen LogP contribution in [0.1, 0.15) is 48.5 Å². The monoisotopic (exact) mass is 549 g/mol. The van der Waals surface area contributed by atoms with Gasteiger partial charge in [0.2, 0.25) is 15.2 Å². The first-order chi connectivity index (χ1) is 17.1. The van der Waals surface area contributed by atoms with Crippen LogP contribution in [0, 0.1) is 0 Å². The number of hydrogen-bond acceptors (Lipinski definition) is 8. The second-order valence-electron chi connectivity index (χ2n) is 8.42. The Labute approximate surface area is 214 Å². The predicted octanol–water partition coefficient (Wildman–Crippen LogP) is 3.72. The van der Waals surface area contributed by atoms with Crippen molar-refractivity contribution in [2.45, 2.75) is 55.4 Å². The summed E-state index contributed by atoms with van der Waals surface area (Å²) in [5, 5.41) is 11.3. The molecule has 3 aromatic rings. The molecule has 0 spiro atoms. The third-order valence-electron chi connectivity index (χ3n) is 5.88. The van der Waals surface area contributed by atoms with Crippen molar-refractivity contribution in [2.24, 2.45) is 0 Å². The molecule has 1 amide bonds. The Morgan fingerprint density at radius 1 is 1.00 bits per heavy atom. The Morgan fingerprint density at radius 3 is 2.28 bits per heavy atom. The smallest absolute Gasteiger partial charge is 0.263 e. The number of sulfonamides is 2. The summed E-state index contributed by atoms with van der Waals surface area (Å²) < 4.78 is 55.1. The molecule has 1 aliphatic heterocycles. The van der Waals surface area contributed by atoms with Crippen molar-refractivity contribution in [2.75, 3.05) is 16.6 Å². The summed E-state index contributed by atoms with van der Waals surface area (Å²) >= 11 is 1.16. The molecular weight excluding hydrogens is 522 g/mol. The van der Waals surface area contributed by atoms with E-state index >= 15 is 0 Å². The van der Waals surface area contributed by atoms with Gasteiger partial charge in [-0.05, 0) is 74.7 Å². The minimum absolute atomic E-state index is 0.00949. The van der Waals surface area contributed by atoms with E-state index in [1.165, 1.54) is 52.8 Å². The second kappa shape index (κ2) is 10.6. The van der Waals surface area contributed by atoms with E-state index in [0.717, 1.165) is 35.6 Å². The molecule has 0 radical (unpaired) electrons. The SMILES string of the molecule is CCc1nnc(NS(=O)(=O)c2ccc(NC(=O)c3ccc(S(=O)(=O)N4CCCC[C@H]4C)cc3)cc2)s1. The first kappa shape index (κ1) is 26.2. The van der Waals surface area contributed by atoms with Gasteiger partial charge in [0.05, 0.1) is 9.79 Å². The van der Waals surface area contributed by atoms with Crippen molar-refractivity contribution < 1.29 is 21.6 Å². The number of anilines is 2. The highest BCUT2D eigenvalue weighted by atomic mass is 32.2. The van der Waals surface area contributed by atoms with Crippen molar-refractivity contribution in [1.82, 2.24) is 14.5 Å². The number of piperidine rings is 1. The number of aromatic nitrogens is 2. The third-order valence-corrected chi connectivity index (χ3v) is 10.4. The van der Waals surface area contributed by atoms with Crippen molar-refractivity contribution in [3.8, 4) is 0 Å². The van der Waals surface area contributed by atoms with E-state index < -0.39 is 26.0 Å². The lowest BCUT2D eigenvalue weighted by atomic mass is 10.1. The molecule has 0 unspecified atom stereocenters. The summed E-state index contributed by atoms with van der Waals surface area (Å²) in [5.74, 6) is -0.444. The van der Waals surface area contributed by atoms with Gasteiger partial charge in [-0.2, -0.15) is 4.31 Å². The molecule has 0 bridgehead atoms. The molecule has 1 fully saturated rings. The lowest BCUT2D eigenvalue weighted by Gasteiger charge is -2.32. The number of nitrogens with zero attached hydrogens (tertiary/aromatic N) is 3. The van der Waals surface area contributed by atoms with Crippen LogP contribution in [0.3, 0.4) is 0 Å². The summed E-state index contributed by atoms with van der Waals surface area (Å²) in [6.45, 7) is 4.30. The van der Waals surface area contributed by atoms with E-state index in [1.807, 2.05) is 13.8 Å². The van der Waals surface area contributed by atoms with E-state index in [2.05, 4.69) is 20.2 Å². The summed E-state index contributed by atoms with van der Waals surface area (Å²) in [7, 11) is -7.48. The Bertz CT molecular complexity index is 1440. The molecule has 1 saturated heterocycles. The van der Waals surface area contributed by atoms with E-state index in [1.54, 1.807) is 0 Å². The van der Waals surface area contributed by atoms with Crippen molar-refractivity contribution >= 4 is 48.1 Å². The average Bonchev–Trinajstić information content (AvgIpc) is 3.31. The number of amides is 1. The maximum Gasteiger partial charge on any atom is 0.263 e. The van der Waals surface area contributed by atoms with Crippen LogP contribution in [-0.2, 0) is 26.5 Å². The largest absolute Gasteiger partial charge is 0.322 e. The van der Waals surface area contributed by atoms with Gasteiger partial charge in [0, 0.05) is 23.8 Å². The highest BCUT2D eigenvalue weighted by Crippen LogP contribution is 2.26. The van der Waals surface area contributed by atoms with Crippen LogP contribution < -0.4 is 10.0 Å². The summed E-state index contributed by atoms with van der Waals surface area (Å²) in [5.41, 5.74) is 0.670. The van der Waals surface area contributed by atoms with Gasteiger partial charge < -0.3 is 5.32 Å². The standard InChI is InChI=1S/C23H27N5O5S3/c1-3-21-25-26-23(34-21)27-35(30,31)19-13-9-18(10-14-19)24-22(29)17-7-11-20(12-8-17)36(32,33)28-15-5-4-6-16(28)2/h7-14,16H,3-6,15H2,1-2H3,(H,24,29)(H,26,27)/t16-/m1/s1. The Hall–Kier alpha value is -2.87. The molecule has 0 saturated carbocycles. The number of carbonyl (C=O) groups is 1. The summed E-state index contributed by atoms with van der Waals surface area (Å²) in [6.07, 6.45) is 3.34. The fourth-order valence-electron chi connectivity index (χ4n) is 3.87. The molecule has 2 aromatic carbocycles. The van der Waals surface area contributed by atoms with Crippen LogP contribution >= 0.6 is 11.3 Å². The topological polar surface area (TPSA) is 138 Å². The van der Waals surface area contributed by atoms with E-state index in [0.29, 0.717) is 18.7 Å². The molecule has 36 heavy (non-hydrogen) atoms. The lowest BCUT2D eigenvalue weighted by molar-refractivity contribution is 0.102. The number of aryl methyl sites for hydroxylation is 1. The van der Waals surface area contributed by atoms with Gasteiger partial charge in [0.15, 0.2) is 0 Å². The molecule has 1 aliphatic rings. The molecule has 2 N–H and O–H groups in total. The highest BCUT2D eigenvalue weighted by Gasteiger charge is 2.31. The fourth-order valence-corrected chi connectivity index (χ4v) is 7.48. The maximum absolute atomic E-state index is 13.0. The van der Waals surface area contributed by atoms with Crippen LogP contribution in [0.5, 0.6) is 0 Å². The van der Waals surface area contributed by atoms with Crippen LogP contribution in [0.2, 0.25) is 0 Å². The van der Waals surface area contributed by atoms with Gasteiger partial charge in [0.25, 0.3) is 15.9 Å². The lowest BCUT2D eigenvalue weighted by Crippen LogP contribution is -2.41. The number of carbonyl (C=O) groups excluding carboxylic acids is 1. The number of nitrogens with one attached hydrogen (secondary N) is 2. The maximum atomic E-state index is 13.0. The predicted molar refractivity (Wildman–Crippen MR) is 138 cm³/mol. The molecule has 1 atom stereocenters. The molecule has 10 nitrogen and oxygen atoms in total. The first-order valence-electron chi connectivity index (χ1n) is 11.5. The quantitative estimate of drug-likeness (QED) is 0.437. The number of hydrogen-bond donors (Lipinski definition) is 2. The van der Waals surface area contributed by atoms with Gasteiger partial charge in [-0.3, -0.25) is 9.52 Å². The van der Waals surface area contributed by atoms with Crippen LogP contribution in [-0.4, -0.2) is 49.8 Å². The highest BCUT2D eigenvalue weighted by molar-refractivity contribution is 7.93. The van der Waals surface area contributed by atoms with E-state index in [4.69, 9.17) is 0 Å². The molecule has 13 heteroatoms. The second-order valence-corrected chi connectivity index (χ2v) is 13.1. The van der Waals surface area contributed by atoms with Gasteiger partial charge in [0.1, 0.15) is 5.01 Å². The Balaban J connectivity index is 1.41. The molecule has 192 valence electrons. The minimum atomic E-state index is -3.85. The summed E-state index contributed by atoms with van der Waals surface area (Å²) in [4.78, 5) is 12.8. The number of rotatable bonds is 8. The summed E-state index contributed by atoms with van der Waals surface area (Å²) in [6, 6.07) is 11.4. The zero-order valence-corrected chi connectivity index (χ0v) is 22.3. The van der Waals surface area contributed by atoms with E-state index in [9.17, 15) is 21.6 Å². The zero-order chi connectivity index (χ0) is 25.9. The van der Waals surface area contributed by atoms with E-state index in [-0.39, 0.29) is 26.5 Å². The average molecular weight is 550 g/mol. The van der Waals surface area contributed by atoms with Gasteiger partial charge in [-0.15, -0.1) is 10.2 Å². The van der Waals surface area contributed by atoms with Gasteiger partial charge in [-0.25, -0.2) is 16.8 Å². The van der Waals surface area contributed by atoms with Gasteiger partial charge >= 0.3 is 0 Å².